The number of hydrogen-bond acceptors (Lipinski definition) is 5. The lowest BCUT2D eigenvalue weighted by atomic mass is 10.3. The molecular formula is C14H18N2O2S2. The number of thiophene rings is 1. The molecule has 1 N–H and O–H groups in total. The van der Waals surface area contributed by atoms with Crippen LogP contribution in [0.1, 0.15) is 36.8 Å². The number of hydrogen-bond donors (Lipinski definition) is 1. The van der Waals surface area contributed by atoms with Crippen LogP contribution in [0.25, 0.3) is 10.6 Å². The Balaban J connectivity index is 2.06. The van der Waals surface area contributed by atoms with Crippen molar-refractivity contribution in [3.05, 3.63) is 27.4 Å². The average molecular weight is 310 g/mol. The fraction of sp³-hybridized carbons (Fsp3) is 0.429. The quantitative estimate of drug-likeness (QED) is 0.887. The smallest absolute Gasteiger partial charge is 0.217 e. The highest BCUT2D eigenvalue weighted by Gasteiger charge is 2.12. The Hall–Kier alpha value is -1.24. The molecule has 0 aliphatic rings. The van der Waals surface area contributed by atoms with Gasteiger partial charge in [0, 0.05) is 23.8 Å². The SMILES string of the molecule is CCO[C@H](C)c1nc(-c2ccc(CNC(C)=O)s2)cs1. The Morgan fingerprint density at radius 1 is 1.50 bits per heavy atom. The zero-order valence-electron chi connectivity index (χ0n) is 11.8. The lowest BCUT2D eigenvalue weighted by molar-refractivity contribution is -0.119. The molecule has 0 radical (unpaired) electrons. The van der Waals surface area contributed by atoms with Gasteiger partial charge in [0.1, 0.15) is 11.1 Å². The number of nitrogens with zero attached hydrogens (tertiary/aromatic N) is 1. The van der Waals surface area contributed by atoms with E-state index in [9.17, 15) is 4.79 Å². The molecule has 0 aliphatic heterocycles. The highest BCUT2D eigenvalue weighted by Crippen LogP contribution is 2.31. The molecule has 0 saturated carbocycles. The second-order valence-electron chi connectivity index (χ2n) is 4.34. The van der Waals surface area contributed by atoms with Crippen molar-refractivity contribution >= 4 is 28.6 Å². The van der Waals surface area contributed by atoms with E-state index in [0.717, 1.165) is 20.5 Å². The van der Waals surface area contributed by atoms with Crippen LogP contribution in [0, 0.1) is 0 Å². The van der Waals surface area contributed by atoms with Crippen LogP contribution in [0.3, 0.4) is 0 Å². The van der Waals surface area contributed by atoms with Gasteiger partial charge in [-0.05, 0) is 26.0 Å². The molecule has 2 rings (SSSR count). The third-order valence-corrected chi connectivity index (χ3v) is 4.83. The molecule has 0 aromatic carbocycles. The van der Waals surface area contributed by atoms with E-state index in [-0.39, 0.29) is 12.0 Å². The fourth-order valence-electron chi connectivity index (χ4n) is 1.73. The zero-order valence-corrected chi connectivity index (χ0v) is 13.4. The molecule has 108 valence electrons. The summed E-state index contributed by atoms with van der Waals surface area (Å²) in [4.78, 5) is 17.8. The van der Waals surface area contributed by atoms with E-state index < -0.39 is 0 Å². The number of ether oxygens (including phenoxy) is 1. The number of rotatable bonds is 6. The molecule has 2 aromatic rings. The number of nitrogens with one attached hydrogen (secondary N) is 1. The van der Waals surface area contributed by atoms with Gasteiger partial charge in [-0.3, -0.25) is 4.79 Å². The predicted octanol–water partition coefficient (Wildman–Crippen LogP) is 3.61. The Bertz CT molecular complexity index is 577. The molecule has 2 aromatic heterocycles. The van der Waals surface area contributed by atoms with E-state index in [0.29, 0.717) is 13.2 Å². The van der Waals surface area contributed by atoms with Crippen molar-refractivity contribution in [2.24, 2.45) is 0 Å². The monoisotopic (exact) mass is 310 g/mol. The molecular weight excluding hydrogens is 292 g/mol. The van der Waals surface area contributed by atoms with Crippen LogP contribution in [0.15, 0.2) is 17.5 Å². The minimum absolute atomic E-state index is 0.0126. The van der Waals surface area contributed by atoms with Gasteiger partial charge >= 0.3 is 0 Å². The molecule has 0 fully saturated rings. The lowest BCUT2D eigenvalue weighted by Crippen LogP contribution is -2.17. The second-order valence-corrected chi connectivity index (χ2v) is 6.40. The predicted molar refractivity (Wildman–Crippen MR) is 83.0 cm³/mol. The minimum atomic E-state index is -0.0126. The van der Waals surface area contributed by atoms with E-state index in [1.165, 1.54) is 6.92 Å². The molecule has 2 heterocycles. The first kappa shape index (κ1) is 15.2. The third-order valence-electron chi connectivity index (χ3n) is 2.71. The summed E-state index contributed by atoms with van der Waals surface area (Å²) in [7, 11) is 0. The van der Waals surface area contributed by atoms with Gasteiger partial charge in [0.15, 0.2) is 0 Å². The van der Waals surface area contributed by atoms with Crippen LogP contribution < -0.4 is 5.32 Å². The van der Waals surface area contributed by atoms with Crippen molar-refractivity contribution < 1.29 is 9.53 Å². The number of amides is 1. The largest absolute Gasteiger partial charge is 0.372 e. The first-order chi connectivity index (χ1) is 9.60. The third kappa shape index (κ3) is 3.88. The second kappa shape index (κ2) is 6.97. The zero-order chi connectivity index (χ0) is 14.5. The normalized spacial score (nSPS) is 12.3. The van der Waals surface area contributed by atoms with Gasteiger partial charge in [0.05, 0.1) is 17.1 Å². The van der Waals surface area contributed by atoms with Gasteiger partial charge in [-0.15, -0.1) is 22.7 Å². The van der Waals surface area contributed by atoms with Gasteiger partial charge in [-0.1, -0.05) is 0 Å². The van der Waals surface area contributed by atoms with Crippen LogP contribution in [0.5, 0.6) is 0 Å². The van der Waals surface area contributed by atoms with Gasteiger partial charge in [-0.25, -0.2) is 4.98 Å². The van der Waals surface area contributed by atoms with Crippen molar-refractivity contribution in [2.75, 3.05) is 6.61 Å². The number of carbonyl (C=O) groups is 1. The Labute approximate surface area is 126 Å². The maximum Gasteiger partial charge on any atom is 0.217 e. The molecule has 0 aliphatic carbocycles. The van der Waals surface area contributed by atoms with E-state index in [2.05, 4.69) is 15.7 Å². The fourth-order valence-corrected chi connectivity index (χ4v) is 3.54. The van der Waals surface area contributed by atoms with E-state index in [4.69, 9.17) is 4.74 Å². The first-order valence-electron chi connectivity index (χ1n) is 6.50. The molecule has 1 amide bonds. The van der Waals surface area contributed by atoms with Crippen molar-refractivity contribution in [3.63, 3.8) is 0 Å². The molecule has 0 saturated heterocycles. The van der Waals surface area contributed by atoms with E-state index in [1.807, 2.05) is 26.0 Å². The number of aromatic nitrogens is 1. The summed E-state index contributed by atoms with van der Waals surface area (Å²) in [6.07, 6.45) is 0.0394. The summed E-state index contributed by atoms with van der Waals surface area (Å²) in [6.45, 7) is 6.79. The molecule has 0 spiro atoms. The van der Waals surface area contributed by atoms with Crippen LogP contribution in [-0.2, 0) is 16.1 Å². The summed E-state index contributed by atoms with van der Waals surface area (Å²) < 4.78 is 5.55. The van der Waals surface area contributed by atoms with Crippen molar-refractivity contribution in [2.45, 2.75) is 33.4 Å². The summed E-state index contributed by atoms with van der Waals surface area (Å²) in [5.41, 5.74) is 0.982. The van der Waals surface area contributed by atoms with E-state index in [1.54, 1.807) is 22.7 Å². The Morgan fingerprint density at radius 3 is 3.00 bits per heavy atom. The lowest BCUT2D eigenvalue weighted by Gasteiger charge is -2.06. The number of thiazole rings is 1. The molecule has 0 unspecified atom stereocenters. The van der Waals surface area contributed by atoms with Crippen molar-refractivity contribution in [1.82, 2.24) is 10.3 Å². The van der Waals surface area contributed by atoms with E-state index >= 15 is 0 Å². The first-order valence-corrected chi connectivity index (χ1v) is 8.20. The molecule has 0 bridgehead atoms. The average Bonchev–Trinajstić information content (AvgIpc) is 3.05. The topological polar surface area (TPSA) is 51.2 Å². The van der Waals surface area contributed by atoms with Gasteiger partial charge in [0.2, 0.25) is 5.91 Å². The van der Waals surface area contributed by atoms with Crippen molar-refractivity contribution in [3.8, 4) is 10.6 Å². The minimum Gasteiger partial charge on any atom is -0.372 e. The van der Waals surface area contributed by atoms with Gasteiger partial charge in [0.25, 0.3) is 0 Å². The summed E-state index contributed by atoms with van der Waals surface area (Å²) in [5, 5.41) is 5.85. The summed E-state index contributed by atoms with van der Waals surface area (Å²) >= 11 is 3.28. The molecule has 20 heavy (non-hydrogen) atoms. The van der Waals surface area contributed by atoms with Gasteiger partial charge < -0.3 is 10.1 Å². The van der Waals surface area contributed by atoms with Crippen molar-refractivity contribution in [1.29, 1.82) is 0 Å². The summed E-state index contributed by atoms with van der Waals surface area (Å²) in [5.74, 6) is -0.0126. The Kier molecular flexibility index (Phi) is 5.28. The highest BCUT2D eigenvalue weighted by molar-refractivity contribution is 7.16. The van der Waals surface area contributed by atoms with Crippen LogP contribution in [-0.4, -0.2) is 17.5 Å². The highest BCUT2D eigenvalue weighted by atomic mass is 32.1. The molecule has 1 atom stereocenters. The van der Waals surface area contributed by atoms with Crippen LogP contribution >= 0.6 is 22.7 Å². The standard InChI is InChI=1S/C14H18N2O2S2/c1-4-18-9(2)14-16-12(8-19-14)13-6-5-11(20-13)7-15-10(3)17/h5-6,8-9H,4,7H2,1-3H3,(H,15,17)/t9-/m1/s1. The van der Waals surface area contributed by atoms with Crippen LogP contribution in [0.2, 0.25) is 0 Å². The Morgan fingerprint density at radius 2 is 2.30 bits per heavy atom. The maximum absolute atomic E-state index is 10.9. The number of carbonyl (C=O) groups excluding carboxylic acids is 1. The molecule has 6 heteroatoms. The molecule has 4 nitrogen and oxygen atoms in total. The summed E-state index contributed by atoms with van der Waals surface area (Å²) in [6, 6.07) is 4.08. The van der Waals surface area contributed by atoms with Crippen LogP contribution in [0.4, 0.5) is 0 Å². The maximum atomic E-state index is 10.9. The van der Waals surface area contributed by atoms with Gasteiger partial charge in [-0.2, -0.15) is 0 Å².